The third-order valence-electron chi connectivity index (χ3n) is 3.10. The average molecular weight is 278 g/mol. The first-order valence-corrected chi connectivity index (χ1v) is 6.36. The molecule has 0 saturated heterocycles. The minimum Gasteiger partial charge on any atom is -0.339 e. The van der Waals surface area contributed by atoms with E-state index in [1.807, 2.05) is 24.3 Å². The smallest absolute Gasteiger partial charge is 0.223 e. The molecular weight excluding hydrogens is 268 g/mol. The number of hydrogen-bond donors (Lipinski definition) is 0. The van der Waals surface area contributed by atoms with Crippen LogP contribution in [-0.2, 0) is 0 Å². The van der Waals surface area contributed by atoms with Crippen LogP contribution in [0, 0.1) is 6.92 Å². The second-order valence-corrected chi connectivity index (χ2v) is 4.54. The Morgan fingerprint density at radius 3 is 2.81 bits per heavy atom. The lowest BCUT2D eigenvalue weighted by atomic mass is 10.2. The topological polar surface area (TPSA) is 82.0 Å². The standard InChI is InChI=1S/C14H10N6O/c1-9-18-14(19-21-9)10-2-4-15-12(6-10)13-7-11-3-5-17-20(11)8-16-13/h2-8H,1H3. The molecule has 4 aromatic heterocycles. The van der Waals surface area contributed by atoms with Crippen molar-refractivity contribution in [3.05, 3.63) is 48.9 Å². The van der Waals surface area contributed by atoms with Crippen molar-refractivity contribution in [2.75, 3.05) is 0 Å². The van der Waals surface area contributed by atoms with Crippen molar-refractivity contribution in [2.24, 2.45) is 0 Å². The van der Waals surface area contributed by atoms with E-state index in [0.29, 0.717) is 11.7 Å². The first-order chi connectivity index (χ1) is 10.3. The number of hydrogen-bond acceptors (Lipinski definition) is 6. The van der Waals surface area contributed by atoms with Crippen LogP contribution in [0.5, 0.6) is 0 Å². The van der Waals surface area contributed by atoms with Gasteiger partial charge in [0.2, 0.25) is 11.7 Å². The molecule has 0 aromatic carbocycles. The minimum atomic E-state index is 0.530. The number of pyridine rings is 1. The molecule has 102 valence electrons. The van der Waals surface area contributed by atoms with E-state index in [4.69, 9.17) is 4.52 Å². The second kappa shape index (κ2) is 4.48. The van der Waals surface area contributed by atoms with Crippen molar-refractivity contribution in [3.63, 3.8) is 0 Å². The summed E-state index contributed by atoms with van der Waals surface area (Å²) in [6.07, 6.45) is 5.10. The first kappa shape index (κ1) is 11.7. The van der Waals surface area contributed by atoms with Crippen LogP contribution in [0.15, 0.2) is 47.5 Å². The molecule has 4 heterocycles. The van der Waals surface area contributed by atoms with Gasteiger partial charge in [-0.15, -0.1) is 0 Å². The van der Waals surface area contributed by atoms with Crippen molar-refractivity contribution in [1.29, 1.82) is 0 Å². The number of rotatable bonds is 2. The van der Waals surface area contributed by atoms with E-state index in [-0.39, 0.29) is 0 Å². The first-order valence-electron chi connectivity index (χ1n) is 6.36. The fraction of sp³-hybridized carbons (Fsp3) is 0.0714. The zero-order valence-corrected chi connectivity index (χ0v) is 11.1. The highest BCUT2D eigenvalue weighted by Gasteiger charge is 2.09. The maximum absolute atomic E-state index is 5.00. The lowest BCUT2D eigenvalue weighted by molar-refractivity contribution is 0.394. The van der Waals surface area contributed by atoms with Gasteiger partial charge in [0, 0.05) is 18.7 Å². The van der Waals surface area contributed by atoms with Crippen LogP contribution in [-0.4, -0.2) is 29.7 Å². The maximum atomic E-state index is 5.00. The van der Waals surface area contributed by atoms with Gasteiger partial charge in [0.15, 0.2) is 0 Å². The van der Waals surface area contributed by atoms with Crippen LogP contribution in [0.3, 0.4) is 0 Å². The third kappa shape index (κ3) is 2.04. The summed E-state index contributed by atoms with van der Waals surface area (Å²) >= 11 is 0. The molecule has 0 aliphatic rings. The van der Waals surface area contributed by atoms with Crippen LogP contribution < -0.4 is 0 Å². The van der Waals surface area contributed by atoms with Crippen molar-refractivity contribution in [2.45, 2.75) is 6.92 Å². The zero-order valence-electron chi connectivity index (χ0n) is 11.1. The van der Waals surface area contributed by atoms with E-state index in [9.17, 15) is 0 Å². The van der Waals surface area contributed by atoms with Gasteiger partial charge in [-0.25, -0.2) is 9.50 Å². The molecule has 21 heavy (non-hydrogen) atoms. The average Bonchev–Trinajstić information content (AvgIpc) is 3.15. The summed E-state index contributed by atoms with van der Waals surface area (Å²) < 4.78 is 6.71. The Morgan fingerprint density at radius 2 is 1.95 bits per heavy atom. The maximum Gasteiger partial charge on any atom is 0.223 e. The lowest BCUT2D eigenvalue weighted by Gasteiger charge is -2.02. The van der Waals surface area contributed by atoms with E-state index in [2.05, 4.69) is 25.2 Å². The number of nitrogens with zero attached hydrogens (tertiary/aromatic N) is 6. The van der Waals surface area contributed by atoms with Crippen LogP contribution in [0.2, 0.25) is 0 Å². The van der Waals surface area contributed by atoms with E-state index in [0.717, 1.165) is 22.5 Å². The molecule has 0 N–H and O–H groups in total. The summed E-state index contributed by atoms with van der Waals surface area (Å²) in [5.74, 6) is 1.07. The van der Waals surface area contributed by atoms with Crippen molar-refractivity contribution >= 4 is 5.52 Å². The number of fused-ring (bicyclic) bond motifs is 1. The lowest BCUT2D eigenvalue weighted by Crippen LogP contribution is -1.93. The Hall–Kier alpha value is -3.09. The Balaban J connectivity index is 1.81. The van der Waals surface area contributed by atoms with Gasteiger partial charge in [-0.05, 0) is 24.3 Å². The second-order valence-electron chi connectivity index (χ2n) is 4.54. The predicted molar refractivity (Wildman–Crippen MR) is 74.2 cm³/mol. The Kier molecular flexibility index (Phi) is 2.50. The van der Waals surface area contributed by atoms with E-state index in [1.54, 1.807) is 30.2 Å². The molecule has 0 spiro atoms. The van der Waals surface area contributed by atoms with Gasteiger partial charge in [0.05, 0.1) is 23.1 Å². The van der Waals surface area contributed by atoms with Crippen LogP contribution in [0.4, 0.5) is 0 Å². The number of aromatic nitrogens is 6. The Labute approximate surface area is 119 Å². The molecule has 0 bridgehead atoms. The molecule has 0 saturated carbocycles. The molecule has 7 nitrogen and oxygen atoms in total. The summed E-state index contributed by atoms with van der Waals surface area (Å²) in [6, 6.07) is 7.57. The molecule has 0 amide bonds. The fourth-order valence-electron chi connectivity index (χ4n) is 2.10. The zero-order chi connectivity index (χ0) is 14.2. The van der Waals surface area contributed by atoms with Crippen LogP contribution in [0.1, 0.15) is 5.89 Å². The Morgan fingerprint density at radius 1 is 1.05 bits per heavy atom. The highest BCUT2D eigenvalue weighted by atomic mass is 16.5. The molecule has 0 fully saturated rings. The summed E-state index contributed by atoms with van der Waals surface area (Å²) in [5, 5.41) is 8.04. The summed E-state index contributed by atoms with van der Waals surface area (Å²) in [6.45, 7) is 1.76. The van der Waals surface area contributed by atoms with Gasteiger partial charge in [-0.3, -0.25) is 4.98 Å². The highest BCUT2D eigenvalue weighted by molar-refractivity contribution is 5.66. The van der Waals surface area contributed by atoms with Crippen LogP contribution >= 0.6 is 0 Å². The summed E-state index contributed by atoms with van der Waals surface area (Å²) in [7, 11) is 0. The molecule has 0 atom stereocenters. The minimum absolute atomic E-state index is 0.530. The molecular formula is C14H10N6O. The molecule has 4 rings (SSSR count). The Bertz CT molecular complexity index is 926. The van der Waals surface area contributed by atoms with Crippen LogP contribution in [0.25, 0.3) is 28.3 Å². The van der Waals surface area contributed by atoms with Gasteiger partial charge in [-0.2, -0.15) is 10.1 Å². The van der Waals surface area contributed by atoms with Crippen molar-refractivity contribution in [3.8, 4) is 22.8 Å². The van der Waals surface area contributed by atoms with E-state index >= 15 is 0 Å². The molecule has 0 unspecified atom stereocenters. The SMILES string of the molecule is Cc1nc(-c2ccnc(-c3cc4ccnn4cn3)c2)no1. The largest absolute Gasteiger partial charge is 0.339 e. The summed E-state index contributed by atoms with van der Waals surface area (Å²) in [4.78, 5) is 12.9. The third-order valence-corrected chi connectivity index (χ3v) is 3.10. The molecule has 7 heteroatoms. The van der Waals surface area contributed by atoms with E-state index < -0.39 is 0 Å². The van der Waals surface area contributed by atoms with Gasteiger partial charge in [0.1, 0.15) is 6.33 Å². The summed E-state index contributed by atoms with van der Waals surface area (Å²) in [5.41, 5.74) is 3.32. The molecule has 0 aliphatic heterocycles. The fourth-order valence-corrected chi connectivity index (χ4v) is 2.10. The molecule has 0 radical (unpaired) electrons. The number of aryl methyl sites for hydroxylation is 1. The molecule has 4 aromatic rings. The normalized spacial score (nSPS) is 11.1. The van der Waals surface area contributed by atoms with Gasteiger partial charge in [0.25, 0.3) is 0 Å². The quantitative estimate of drug-likeness (QED) is 0.558. The van der Waals surface area contributed by atoms with E-state index in [1.165, 1.54) is 0 Å². The predicted octanol–water partition coefficient (Wildman–Crippen LogP) is 2.15. The highest BCUT2D eigenvalue weighted by Crippen LogP contribution is 2.22. The van der Waals surface area contributed by atoms with Crippen molar-refractivity contribution < 1.29 is 4.52 Å². The van der Waals surface area contributed by atoms with Crippen molar-refractivity contribution in [1.82, 2.24) is 29.7 Å². The van der Waals surface area contributed by atoms with Gasteiger partial charge >= 0.3 is 0 Å². The van der Waals surface area contributed by atoms with Gasteiger partial charge < -0.3 is 4.52 Å². The van der Waals surface area contributed by atoms with Gasteiger partial charge in [-0.1, -0.05) is 5.16 Å². The molecule has 0 aliphatic carbocycles. The monoisotopic (exact) mass is 278 g/mol.